The van der Waals surface area contributed by atoms with Crippen molar-refractivity contribution in [2.45, 2.75) is 58.6 Å². The highest BCUT2D eigenvalue weighted by Crippen LogP contribution is 2.36. The Balaban J connectivity index is 1.67. The molecule has 0 aromatic carbocycles. The Bertz CT molecular complexity index is 718. The van der Waals surface area contributed by atoms with Crippen LogP contribution in [-0.2, 0) is 19.9 Å². The number of carbonyl (C=O) groups excluding carboxylic acids is 3. The summed E-state index contributed by atoms with van der Waals surface area (Å²) in [5.74, 6) is 0.332. The number of nitrogens with zero attached hydrogens (tertiary/aromatic N) is 1. The first-order valence-electron chi connectivity index (χ1n) is 9.60. The molecule has 3 amide bonds. The highest BCUT2D eigenvalue weighted by molar-refractivity contribution is 7.10. The van der Waals surface area contributed by atoms with Gasteiger partial charge < -0.3 is 10.1 Å². The van der Waals surface area contributed by atoms with Crippen molar-refractivity contribution in [3.63, 3.8) is 0 Å². The third kappa shape index (κ3) is 3.88. The normalized spacial score (nSPS) is 31.3. The van der Waals surface area contributed by atoms with Gasteiger partial charge in [-0.3, -0.25) is 14.5 Å². The molecule has 4 atom stereocenters. The Labute approximate surface area is 164 Å². The maximum Gasteiger partial charge on any atom is 0.326 e. The lowest BCUT2D eigenvalue weighted by Crippen LogP contribution is -2.42. The molecule has 1 aromatic heterocycles. The van der Waals surface area contributed by atoms with Crippen LogP contribution in [0.5, 0.6) is 0 Å². The van der Waals surface area contributed by atoms with Crippen LogP contribution >= 0.6 is 11.3 Å². The van der Waals surface area contributed by atoms with Gasteiger partial charge in [-0.1, -0.05) is 33.3 Å². The van der Waals surface area contributed by atoms with Crippen LogP contribution in [0.3, 0.4) is 0 Å². The van der Waals surface area contributed by atoms with E-state index < -0.39 is 23.4 Å². The van der Waals surface area contributed by atoms with Crippen LogP contribution < -0.4 is 5.32 Å². The Morgan fingerprint density at radius 3 is 2.78 bits per heavy atom. The van der Waals surface area contributed by atoms with Gasteiger partial charge in [0.2, 0.25) is 0 Å². The van der Waals surface area contributed by atoms with Crippen LogP contribution in [0.1, 0.15) is 51.8 Å². The fourth-order valence-electron chi connectivity index (χ4n) is 4.16. The van der Waals surface area contributed by atoms with Gasteiger partial charge in [-0.25, -0.2) is 4.79 Å². The van der Waals surface area contributed by atoms with E-state index in [2.05, 4.69) is 26.1 Å². The number of urea groups is 1. The molecule has 1 aliphatic carbocycles. The molecule has 0 bridgehead atoms. The molecular formula is C20H28N2O4S. The zero-order chi connectivity index (χ0) is 19.8. The summed E-state index contributed by atoms with van der Waals surface area (Å²) in [7, 11) is 0. The molecule has 0 spiro atoms. The number of hydrogen-bond acceptors (Lipinski definition) is 5. The molecule has 148 valence electrons. The maximum absolute atomic E-state index is 12.8. The molecule has 6 nitrogen and oxygen atoms in total. The zero-order valence-electron chi connectivity index (χ0n) is 16.4. The van der Waals surface area contributed by atoms with Crippen LogP contribution in [0.15, 0.2) is 17.5 Å². The van der Waals surface area contributed by atoms with Crippen molar-refractivity contribution in [1.82, 2.24) is 10.2 Å². The molecule has 1 saturated heterocycles. The lowest BCUT2D eigenvalue weighted by atomic mass is 9.75. The van der Waals surface area contributed by atoms with Gasteiger partial charge in [0, 0.05) is 4.88 Å². The SMILES string of the molecule is CC1CCC(C(C)C)C(OC(=O)CN2C(=O)NC(C)(c3cccs3)C2=O)C1. The fourth-order valence-corrected chi connectivity index (χ4v) is 4.99. The van der Waals surface area contributed by atoms with Crippen LogP contribution in [0.2, 0.25) is 0 Å². The first-order valence-corrected chi connectivity index (χ1v) is 10.5. The average molecular weight is 393 g/mol. The van der Waals surface area contributed by atoms with E-state index in [9.17, 15) is 14.4 Å². The van der Waals surface area contributed by atoms with E-state index in [1.165, 1.54) is 11.3 Å². The van der Waals surface area contributed by atoms with Crippen LogP contribution in [0.4, 0.5) is 4.79 Å². The Morgan fingerprint density at radius 2 is 2.15 bits per heavy atom. The highest BCUT2D eigenvalue weighted by atomic mass is 32.1. The van der Waals surface area contributed by atoms with E-state index >= 15 is 0 Å². The van der Waals surface area contributed by atoms with Gasteiger partial charge in [0.1, 0.15) is 12.6 Å². The molecular weight excluding hydrogens is 364 g/mol. The van der Waals surface area contributed by atoms with Crippen molar-refractivity contribution in [2.24, 2.45) is 17.8 Å². The van der Waals surface area contributed by atoms with Gasteiger partial charge >= 0.3 is 12.0 Å². The molecule has 1 aromatic rings. The Kier molecular flexibility index (Phi) is 5.60. The van der Waals surface area contributed by atoms with Gasteiger partial charge in [-0.2, -0.15) is 0 Å². The third-order valence-electron chi connectivity index (χ3n) is 5.82. The lowest BCUT2D eigenvalue weighted by molar-refractivity contribution is -0.158. The molecule has 0 radical (unpaired) electrons. The summed E-state index contributed by atoms with van der Waals surface area (Å²) < 4.78 is 5.74. The molecule has 27 heavy (non-hydrogen) atoms. The summed E-state index contributed by atoms with van der Waals surface area (Å²) in [5.41, 5.74) is -1.12. The van der Waals surface area contributed by atoms with Crippen LogP contribution in [-0.4, -0.2) is 35.5 Å². The summed E-state index contributed by atoms with van der Waals surface area (Å²) in [4.78, 5) is 39.4. The number of imide groups is 1. The summed E-state index contributed by atoms with van der Waals surface area (Å²) in [6, 6.07) is 3.09. The first-order chi connectivity index (χ1) is 12.7. The van der Waals surface area contributed by atoms with Crippen LogP contribution in [0, 0.1) is 17.8 Å². The number of thiophene rings is 1. The maximum atomic E-state index is 12.8. The molecule has 2 heterocycles. The van der Waals surface area contributed by atoms with Crippen molar-refractivity contribution in [2.75, 3.05) is 6.54 Å². The number of amides is 3. The topological polar surface area (TPSA) is 75.7 Å². The van der Waals surface area contributed by atoms with Crippen LogP contribution in [0.25, 0.3) is 0 Å². The zero-order valence-corrected chi connectivity index (χ0v) is 17.2. The van der Waals surface area contributed by atoms with Crippen molar-refractivity contribution < 1.29 is 19.1 Å². The smallest absolute Gasteiger partial charge is 0.326 e. The average Bonchev–Trinajstić information content (AvgIpc) is 3.19. The first kappa shape index (κ1) is 19.9. The predicted molar refractivity (Wildman–Crippen MR) is 103 cm³/mol. The Hall–Kier alpha value is -1.89. The Morgan fingerprint density at radius 1 is 1.41 bits per heavy atom. The van der Waals surface area contributed by atoms with Crippen molar-refractivity contribution in [3.05, 3.63) is 22.4 Å². The second kappa shape index (κ2) is 7.62. The minimum absolute atomic E-state index is 0.148. The van der Waals surface area contributed by atoms with Gasteiger partial charge in [-0.05, 0) is 49.0 Å². The van der Waals surface area contributed by atoms with Crippen molar-refractivity contribution >= 4 is 29.2 Å². The van der Waals surface area contributed by atoms with Crippen molar-refractivity contribution in [3.8, 4) is 0 Å². The fraction of sp³-hybridized carbons (Fsp3) is 0.650. The van der Waals surface area contributed by atoms with E-state index in [0.29, 0.717) is 17.8 Å². The second-order valence-electron chi connectivity index (χ2n) is 8.28. The van der Waals surface area contributed by atoms with Gasteiger partial charge in [0.15, 0.2) is 5.54 Å². The van der Waals surface area contributed by atoms with E-state index in [1.54, 1.807) is 13.0 Å². The highest BCUT2D eigenvalue weighted by Gasteiger charge is 2.50. The molecule has 1 N–H and O–H groups in total. The third-order valence-corrected chi connectivity index (χ3v) is 6.91. The number of carbonyl (C=O) groups is 3. The van der Waals surface area contributed by atoms with E-state index in [4.69, 9.17) is 4.74 Å². The monoisotopic (exact) mass is 392 g/mol. The molecule has 1 saturated carbocycles. The predicted octanol–water partition coefficient (Wildman–Crippen LogP) is 3.52. The molecule has 7 heteroatoms. The quantitative estimate of drug-likeness (QED) is 0.614. The number of rotatable bonds is 5. The minimum Gasteiger partial charge on any atom is -0.461 e. The standard InChI is InChI=1S/C20H28N2O4S/c1-12(2)14-8-7-13(3)10-15(14)26-17(23)11-22-18(24)20(4,21-19(22)25)16-6-5-9-27-16/h5-6,9,12-15H,7-8,10-11H2,1-4H3,(H,21,25). The van der Waals surface area contributed by atoms with Gasteiger partial charge in [0.25, 0.3) is 5.91 Å². The summed E-state index contributed by atoms with van der Waals surface area (Å²) in [6.45, 7) is 7.78. The summed E-state index contributed by atoms with van der Waals surface area (Å²) in [6.07, 6.45) is 2.87. The summed E-state index contributed by atoms with van der Waals surface area (Å²) in [5, 5.41) is 4.57. The lowest BCUT2D eigenvalue weighted by Gasteiger charge is -2.36. The van der Waals surface area contributed by atoms with E-state index in [-0.39, 0.29) is 12.6 Å². The number of hydrogen-bond donors (Lipinski definition) is 1. The molecule has 1 aliphatic heterocycles. The number of nitrogens with one attached hydrogen (secondary N) is 1. The molecule has 2 fully saturated rings. The molecule has 2 aliphatic rings. The van der Waals surface area contributed by atoms with Crippen molar-refractivity contribution in [1.29, 1.82) is 0 Å². The van der Waals surface area contributed by atoms with Gasteiger partial charge in [-0.15, -0.1) is 11.3 Å². The minimum atomic E-state index is -1.12. The molecule has 4 unspecified atom stereocenters. The number of ether oxygens (including phenoxy) is 1. The summed E-state index contributed by atoms with van der Waals surface area (Å²) >= 11 is 1.40. The van der Waals surface area contributed by atoms with E-state index in [0.717, 1.165) is 29.0 Å². The largest absolute Gasteiger partial charge is 0.461 e. The second-order valence-corrected chi connectivity index (χ2v) is 9.23. The van der Waals surface area contributed by atoms with E-state index in [1.807, 2.05) is 11.4 Å². The van der Waals surface area contributed by atoms with Gasteiger partial charge in [0.05, 0.1) is 0 Å². The molecule has 3 rings (SSSR count). The number of esters is 1.